The van der Waals surface area contributed by atoms with E-state index in [0.29, 0.717) is 16.8 Å². The molecule has 0 spiro atoms. The van der Waals surface area contributed by atoms with Gasteiger partial charge in [0.2, 0.25) is 0 Å². The highest BCUT2D eigenvalue weighted by Crippen LogP contribution is 2.16. The monoisotopic (exact) mass is 409 g/mol. The number of nitrogens with zero attached hydrogens (tertiary/aromatic N) is 1. The zero-order valence-corrected chi connectivity index (χ0v) is 15.1. The summed E-state index contributed by atoms with van der Waals surface area (Å²) >= 11 is 0. The number of carbonyl (C=O) groups is 1. The van der Waals surface area contributed by atoms with Crippen LogP contribution in [0.15, 0.2) is 59.7 Å². The van der Waals surface area contributed by atoms with Crippen LogP contribution < -0.4 is 22.1 Å². The summed E-state index contributed by atoms with van der Waals surface area (Å²) in [7, 11) is 0. The lowest BCUT2D eigenvalue weighted by Crippen LogP contribution is -2.28. The first-order valence-corrected chi connectivity index (χ1v) is 8.37. The van der Waals surface area contributed by atoms with E-state index in [1.165, 1.54) is 30.3 Å². The maximum Gasteiger partial charge on any atom is 0.401 e. The van der Waals surface area contributed by atoms with E-state index in [0.717, 1.165) is 6.20 Å². The van der Waals surface area contributed by atoms with Crippen molar-refractivity contribution in [2.45, 2.75) is 12.7 Å². The summed E-state index contributed by atoms with van der Waals surface area (Å²) in [6, 6.07) is 10.8. The first-order chi connectivity index (χ1) is 13.7. The standard InChI is InChI=1S/C19H19F4N5O/c20-14-3-1-2-13(8-14)16(9-24)17(25)28-18(29)27-15-6-4-12(5-7-15)10-26-11-19(21,22)23/h1-9,26H,10-11,24H2,(H3,25,27,28,29)/b16-9-. The summed E-state index contributed by atoms with van der Waals surface area (Å²) in [6.45, 7) is -1.07. The Bertz CT molecular complexity index is 908. The average Bonchev–Trinajstić information content (AvgIpc) is 2.63. The third-order valence-corrected chi connectivity index (χ3v) is 3.66. The molecule has 0 heterocycles. The van der Waals surface area contributed by atoms with Gasteiger partial charge in [0.15, 0.2) is 0 Å². The van der Waals surface area contributed by atoms with Gasteiger partial charge in [0.1, 0.15) is 11.7 Å². The molecule has 0 atom stereocenters. The molecule has 10 heteroatoms. The van der Waals surface area contributed by atoms with E-state index < -0.39 is 24.6 Å². The number of hydrogen-bond donors (Lipinski definition) is 4. The van der Waals surface area contributed by atoms with Crippen molar-refractivity contribution in [3.05, 3.63) is 71.7 Å². The Morgan fingerprint density at radius 3 is 2.41 bits per heavy atom. The Labute approximate surface area is 164 Å². The molecule has 0 saturated heterocycles. The fourth-order valence-corrected chi connectivity index (χ4v) is 2.36. The van der Waals surface area contributed by atoms with Gasteiger partial charge in [-0.1, -0.05) is 24.3 Å². The molecule has 2 aromatic rings. The van der Waals surface area contributed by atoms with Crippen LogP contribution in [0.4, 0.5) is 28.0 Å². The van der Waals surface area contributed by atoms with Gasteiger partial charge in [0.25, 0.3) is 0 Å². The van der Waals surface area contributed by atoms with Gasteiger partial charge in [-0.2, -0.15) is 18.2 Å². The van der Waals surface area contributed by atoms with Crippen molar-refractivity contribution >= 4 is 23.1 Å². The van der Waals surface area contributed by atoms with Gasteiger partial charge < -0.3 is 22.1 Å². The smallest absolute Gasteiger partial charge is 0.401 e. The number of hydrogen-bond acceptors (Lipinski definition) is 3. The Morgan fingerprint density at radius 1 is 1.14 bits per heavy atom. The van der Waals surface area contributed by atoms with Crippen LogP contribution in [0.3, 0.4) is 0 Å². The lowest BCUT2D eigenvalue weighted by Gasteiger charge is -2.09. The number of anilines is 1. The predicted molar refractivity (Wildman–Crippen MR) is 103 cm³/mol. The van der Waals surface area contributed by atoms with Gasteiger partial charge in [-0.05, 0) is 35.4 Å². The van der Waals surface area contributed by atoms with Crippen LogP contribution in [0, 0.1) is 5.82 Å². The summed E-state index contributed by atoms with van der Waals surface area (Å²) in [4.78, 5) is 15.7. The molecule has 0 radical (unpaired) electrons. The third-order valence-electron chi connectivity index (χ3n) is 3.66. The van der Waals surface area contributed by atoms with Crippen LogP contribution in [-0.2, 0) is 6.54 Å². The van der Waals surface area contributed by atoms with E-state index in [4.69, 9.17) is 11.5 Å². The number of amidine groups is 1. The highest BCUT2D eigenvalue weighted by atomic mass is 19.4. The minimum Gasteiger partial charge on any atom is -0.404 e. The van der Waals surface area contributed by atoms with Crippen LogP contribution in [-0.4, -0.2) is 24.6 Å². The zero-order chi connectivity index (χ0) is 21.4. The molecule has 2 rings (SSSR count). The fourth-order valence-electron chi connectivity index (χ4n) is 2.36. The van der Waals surface area contributed by atoms with Gasteiger partial charge >= 0.3 is 12.2 Å². The number of amides is 2. The van der Waals surface area contributed by atoms with Crippen molar-refractivity contribution in [3.8, 4) is 0 Å². The molecule has 0 saturated carbocycles. The molecule has 0 aromatic heterocycles. The number of urea groups is 1. The Kier molecular flexibility index (Phi) is 7.32. The summed E-state index contributed by atoms with van der Waals surface area (Å²) in [5.41, 5.74) is 12.8. The van der Waals surface area contributed by atoms with Crippen LogP contribution in [0.25, 0.3) is 5.57 Å². The van der Waals surface area contributed by atoms with E-state index in [9.17, 15) is 22.4 Å². The third kappa shape index (κ3) is 7.26. The summed E-state index contributed by atoms with van der Waals surface area (Å²) in [5.74, 6) is -0.701. The highest BCUT2D eigenvalue weighted by Gasteiger charge is 2.26. The maximum absolute atomic E-state index is 13.4. The average molecular weight is 409 g/mol. The van der Waals surface area contributed by atoms with E-state index in [2.05, 4.69) is 15.6 Å². The number of nitrogens with one attached hydrogen (secondary N) is 2. The van der Waals surface area contributed by atoms with Crippen LogP contribution in [0.1, 0.15) is 11.1 Å². The van der Waals surface area contributed by atoms with Gasteiger partial charge in [-0.15, -0.1) is 0 Å². The lowest BCUT2D eigenvalue weighted by atomic mass is 10.1. The SMILES string of the molecule is N/C=C(\C(N)=N\C(=O)Nc1ccc(CNCC(F)(F)F)cc1)c1cccc(F)c1. The molecule has 0 aliphatic carbocycles. The zero-order valence-electron chi connectivity index (χ0n) is 15.1. The van der Waals surface area contributed by atoms with Crippen molar-refractivity contribution in [1.29, 1.82) is 0 Å². The van der Waals surface area contributed by atoms with Gasteiger partial charge in [0.05, 0.1) is 6.54 Å². The number of alkyl halides is 3. The molecular formula is C19H19F4N5O. The number of nitrogens with two attached hydrogens (primary N) is 2. The molecule has 0 aliphatic rings. The minimum absolute atomic E-state index is 0.0249. The van der Waals surface area contributed by atoms with E-state index >= 15 is 0 Å². The van der Waals surface area contributed by atoms with Crippen molar-refractivity contribution in [2.75, 3.05) is 11.9 Å². The second kappa shape index (κ2) is 9.69. The fraction of sp³-hybridized carbons (Fsp3) is 0.158. The molecular weight excluding hydrogens is 390 g/mol. The van der Waals surface area contributed by atoms with Crippen molar-refractivity contribution in [1.82, 2.24) is 5.32 Å². The Morgan fingerprint density at radius 2 is 1.83 bits per heavy atom. The molecule has 2 aromatic carbocycles. The Balaban J connectivity index is 1.98. The minimum atomic E-state index is -4.28. The summed E-state index contributed by atoms with van der Waals surface area (Å²) in [5, 5.41) is 4.74. The Hall–Kier alpha value is -3.40. The summed E-state index contributed by atoms with van der Waals surface area (Å²) in [6.07, 6.45) is -3.17. The molecule has 0 bridgehead atoms. The predicted octanol–water partition coefficient (Wildman–Crippen LogP) is 3.37. The largest absolute Gasteiger partial charge is 0.404 e. The first-order valence-electron chi connectivity index (χ1n) is 8.37. The van der Waals surface area contributed by atoms with Crippen molar-refractivity contribution < 1.29 is 22.4 Å². The van der Waals surface area contributed by atoms with Crippen LogP contribution >= 0.6 is 0 Å². The van der Waals surface area contributed by atoms with Gasteiger partial charge in [-0.3, -0.25) is 0 Å². The number of halogens is 4. The second-order valence-electron chi connectivity index (χ2n) is 5.93. The van der Waals surface area contributed by atoms with E-state index in [1.54, 1.807) is 18.2 Å². The molecule has 0 aliphatic heterocycles. The van der Waals surface area contributed by atoms with Crippen molar-refractivity contribution in [2.24, 2.45) is 16.5 Å². The number of rotatable bonds is 6. The number of carbonyl (C=O) groups excluding carboxylic acids is 1. The molecule has 0 fully saturated rings. The van der Waals surface area contributed by atoms with Gasteiger partial charge in [0, 0.05) is 24.0 Å². The van der Waals surface area contributed by atoms with E-state index in [-0.39, 0.29) is 18.0 Å². The molecule has 29 heavy (non-hydrogen) atoms. The molecule has 6 nitrogen and oxygen atoms in total. The maximum atomic E-state index is 13.4. The molecule has 0 unspecified atom stereocenters. The highest BCUT2D eigenvalue weighted by molar-refractivity contribution is 6.24. The number of aliphatic imine (C=N–C) groups is 1. The van der Waals surface area contributed by atoms with Gasteiger partial charge in [-0.25, -0.2) is 9.18 Å². The summed E-state index contributed by atoms with van der Waals surface area (Å²) < 4.78 is 49.7. The van der Waals surface area contributed by atoms with E-state index in [1.807, 2.05) is 0 Å². The molecule has 6 N–H and O–H groups in total. The quantitative estimate of drug-likeness (QED) is 0.333. The molecule has 2 amide bonds. The van der Waals surface area contributed by atoms with Crippen molar-refractivity contribution in [3.63, 3.8) is 0 Å². The lowest BCUT2D eigenvalue weighted by molar-refractivity contribution is -0.125. The van der Waals surface area contributed by atoms with Crippen LogP contribution in [0.5, 0.6) is 0 Å². The number of benzene rings is 2. The topological polar surface area (TPSA) is 106 Å². The molecule has 154 valence electrons. The second-order valence-corrected chi connectivity index (χ2v) is 5.93. The van der Waals surface area contributed by atoms with Crippen LogP contribution in [0.2, 0.25) is 0 Å². The first kappa shape index (κ1) is 21.9. The normalized spacial score (nSPS) is 12.7.